The molecule has 19 aromatic rings. The Labute approximate surface area is 550 Å². The summed E-state index contributed by atoms with van der Waals surface area (Å²) in [6.07, 6.45) is 6.75. The maximum atomic E-state index is 13.2. The van der Waals surface area contributed by atoms with E-state index < -0.39 is 0 Å². The topological polar surface area (TPSA) is 104 Å². The van der Waals surface area contributed by atoms with Gasteiger partial charge in [0.1, 0.15) is 5.58 Å². The van der Waals surface area contributed by atoms with Crippen LogP contribution in [0.15, 0.2) is 334 Å². The lowest BCUT2D eigenvalue weighted by Crippen LogP contribution is -2.10. The Kier molecular flexibility index (Phi) is 14.0. The average Bonchev–Trinajstić information content (AvgIpc) is 1.57. The highest BCUT2D eigenvalue weighted by Crippen LogP contribution is 2.43. The van der Waals surface area contributed by atoms with Gasteiger partial charge in [-0.05, 0) is 150 Å². The molecule has 7 aromatic heterocycles. The van der Waals surface area contributed by atoms with Gasteiger partial charge in [-0.25, -0.2) is 9.59 Å². The van der Waals surface area contributed by atoms with E-state index in [0.29, 0.717) is 21.9 Å². The second-order valence-electron chi connectivity index (χ2n) is 23.6. The van der Waals surface area contributed by atoms with Crippen molar-refractivity contribution < 1.29 is 8.83 Å². The molecule has 0 fully saturated rings. The lowest BCUT2D eigenvalue weighted by atomic mass is 10.0. The molecular formula is C86H58N6O4. The number of nitrogens with zero attached hydrogens (tertiary/aromatic N) is 6. The first kappa shape index (κ1) is 57.0. The molecule has 12 aromatic carbocycles. The van der Waals surface area contributed by atoms with Crippen LogP contribution in [0.4, 0.5) is 17.1 Å². The predicted molar refractivity (Wildman–Crippen MR) is 395 cm³/mol. The second kappa shape index (κ2) is 23.6. The molecule has 0 spiro atoms. The Morgan fingerprint density at radius 1 is 0.271 bits per heavy atom. The van der Waals surface area contributed by atoms with Crippen molar-refractivity contribution >= 4 is 126 Å². The molecule has 7 heterocycles. The van der Waals surface area contributed by atoms with Crippen LogP contribution in [0.2, 0.25) is 0 Å². The van der Waals surface area contributed by atoms with E-state index in [4.69, 9.17) is 8.83 Å². The number of rotatable bonds is 8. The number of benzene rings is 12. The first-order valence-electron chi connectivity index (χ1n) is 32.2. The van der Waals surface area contributed by atoms with Gasteiger partial charge in [-0.15, -0.1) is 0 Å². The van der Waals surface area contributed by atoms with Crippen LogP contribution in [0.5, 0.6) is 0 Å². The van der Waals surface area contributed by atoms with Gasteiger partial charge in [-0.1, -0.05) is 178 Å². The Morgan fingerprint density at radius 2 is 0.698 bits per heavy atom. The van der Waals surface area contributed by atoms with Gasteiger partial charge in [0.2, 0.25) is 0 Å². The van der Waals surface area contributed by atoms with Gasteiger partial charge in [0.15, 0.2) is 5.58 Å². The molecule has 96 heavy (non-hydrogen) atoms. The normalized spacial score (nSPS) is 11.5. The zero-order chi connectivity index (χ0) is 64.4. The van der Waals surface area contributed by atoms with Crippen molar-refractivity contribution in [2.45, 2.75) is 13.8 Å². The van der Waals surface area contributed by atoms with E-state index in [9.17, 15) is 9.59 Å². The van der Waals surface area contributed by atoms with Crippen molar-refractivity contribution in [2.75, 3.05) is 4.90 Å². The highest BCUT2D eigenvalue weighted by molar-refractivity contribution is 6.19. The first-order valence-corrected chi connectivity index (χ1v) is 32.2. The molecule has 19 rings (SSSR count). The Bertz CT molecular complexity index is 6250. The highest BCUT2D eigenvalue weighted by Gasteiger charge is 2.22. The van der Waals surface area contributed by atoms with E-state index in [1.54, 1.807) is 30.9 Å². The monoisotopic (exact) mass is 1240 g/mol. The molecule has 0 aliphatic rings. The molecule has 0 saturated carbocycles. The SMILES string of the molecule is CC.O=c1oc2ccncc2c2cc3c4ccccc4n(-c4ccc5c(c4)c4ccccc4n5-c4ccccc4)c3cc12.O=c1oc2cnccc2c2cc3c(cc12)c1ccccc1n3-c1cccc(N(c2ccc(-c3ccccc3)cc2)c2ccc(-c3ccccc3)cc2)c1. The zero-order valence-electron chi connectivity index (χ0n) is 52.3. The van der Waals surface area contributed by atoms with Crippen molar-refractivity contribution in [1.29, 1.82) is 0 Å². The van der Waals surface area contributed by atoms with Crippen molar-refractivity contribution in [3.05, 3.63) is 337 Å². The molecule has 0 bridgehead atoms. The molecule has 456 valence electrons. The van der Waals surface area contributed by atoms with Crippen LogP contribution in [0.25, 0.3) is 148 Å². The summed E-state index contributed by atoms with van der Waals surface area (Å²) in [5, 5.41) is 11.1. The molecule has 0 saturated heterocycles. The van der Waals surface area contributed by atoms with Crippen LogP contribution < -0.4 is 16.2 Å². The largest absolute Gasteiger partial charge is 0.422 e. The number of aromatic nitrogens is 5. The van der Waals surface area contributed by atoms with Crippen LogP contribution in [-0.2, 0) is 0 Å². The number of pyridine rings is 2. The zero-order valence-corrected chi connectivity index (χ0v) is 52.3. The Morgan fingerprint density at radius 3 is 1.29 bits per heavy atom. The minimum absolute atomic E-state index is 0.348. The summed E-state index contributed by atoms with van der Waals surface area (Å²) in [6.45, 7) is 4.00. The molecule has 0 radical (unpaired) electrons. The maximum absolute atomic E-state index is 13.2. The third kappa shape index (κ3) is 9.57. The van der Waals surface area contributed by atoms with E-state index in [0.717, 1.165) is 121 Å². The van der Waals surface area contributed by atoms with E-state index in [1.165, 1.54) is 21.9 Å². The van der Waals surface area contributed by atoms with Gasteiger partial charge in [0.05, 0.1) is 50.1 Å². The van der Waals surface area contributed by atoms with Gasteiger partial charge < -0.3 is 27.4 Å². The van der Waals surface area contributed by atoms with E-state index in [1.807, 2.05) is 56.3 Å². The van der Waals surface area contributed by atoms with E-state index >= 15 is 0 Å². The number of hydrogen-bond donors (Lipinski definition) is 0. The minimum Gasteiger partial charge on any atom is -0.422 e. The van der Waals surface area contributed by atoms with Gasteiger partial charge in [0, 0.05) is 107 Å². The average molecular weight is 1240 g/mol. The van der Waals surface area contributed by atoms with Crippen LogP contribution in [0.3, 0.4) is 0 Å². The Hall–Kier alpha value is -12.9. The van der Waals surface area contributed by atoms with Crippen molar-refractivity contribution in [1.82, 2.24) is 23.7 Å². The molecule has 0 N–H and O–H groups in total. The van der Waals surface area contributed by atoms with E-state index in [-0.39, 0.29) is 11.3 Å². The summed E-state index contributed by atoms with van der Waals surface area (Å²) in [7, 11) is 0. The summed E-state index contributed by atoms with van der Waals surface area (Å²) < 4.78 is 18.2. The fourth-order valence-electron chi connectivity index (χ4n) is 14.1. The van der Waals surface area contributed by atoms with Crippen LogP contribution in [0, 0.1) is 0 Å². The van der Waals surface area contributed by atoms with Crippen LogP contribution in [-0.4, -0.2) is 23.7 Å². The summed E-state index contributed by atoms with van der Waals surface area (Å²) >= 11 is 0. The van der Waals surface area contributed by atoms with Gasteiger partial charge >= 0.3 is 11.3 Å². The molecule has 0 aliphatic heterocycles. The molecule has 0 aliphatic carbocycles. The predicted octanol–water partition coefficient (Wildman–Crippen LogP) is 21.8. The van der Waals surface area contributed by atoms with E-state index in [2.05, 4.69) is 271 Å². The molecule has 10 nitrogen and oxygen atoms in total. The lowest BCUT2D eigenvalue weighted by molar-refractivity contribution is 0.568. The minimum atomic E-state index is -0.367. The maximum Gasteiger partial charge on any atom is 0.344 e. The molecule has 0 amide bonds. The highest BCUT2D eigenvalue weighted by atomic mass is 16.4. The van der Waals surface area contributed by atoms with Crippen molar-refractivity contribution in [3.8, 4) is 39.3 Å². The molecule has 0 unspecified atom stereocenters. The van der Waals surface area contributed by atoms with Crippen molar-refractivity contribution in [3.63, 3.8) is 0 Å². The summed E-state index contributed by atoms with van der Waals surface area (Å²) in [5.74, 6) is 0. The second-order valence-corrected chi connectivity index (χ2v) is 23.6. The quantitative estimate of drug-likeness (QED) is 0.140. The summed E-state index contributed by atoms with van der Waals surface area (Å²) in [5.41, 5.74) is 17.7. The summed E-state index contributed by atoms with van der Waals surface area (Å²) in [6, 6.07) is 101. The molecule has 0 atom stereocenters. The first-order chi connectivity index (χ1) is 47.5. The number of para-hydroxylation sites is 4. The lowest BCUT2D eigenvalue weighted by Gasteiger charge is -2.26. The van der Waals surface area contributed by atoms with Crippen LogP contribution >= 0.6 is 0 Å². The standard InChI is InChI=1S/C48H31N3O2.C36H21N3O2.C2H6/c52-48-44-29-43-40-16-7-8-17-45(40)51(46(43)30-42(44)41-26-27-49-31-47(41)53-48)39-15-9-14-38(28-39)50(36-22-18-34(19-23-36)32-10-3-1-4-11-32)37-24-20-35(21-25-37)33-12-5-2-6-13-33;40-36-29-20-34-28(19-26(29)30-21-37-17-16-35(30)41-36)25-11-5-7-13-32(25)39(34)23-14-15-33-27(18-23)24-10-4-6-12-31(24)38(33)22-8-2-1-3-9-22;1-2/h1-31H;1-21H;1-2H3. The van der Waals surface area contributed by atoms with Gasteiger partial charge in [-0.2, -0.15) is 0 Å². The van der Waals surface area contributed by atoms with Gasteiger partial charge in [-0.3, -0.25) is 9.97 Å². The third-order valence-electron chi connectivity index (χ3n) is 18.4. The van der Waals surface area contributed by atoms with Gasteiger partial charge in [0.25, 0.3) is 0 Å². The number of fused-ring (bicyclic) bond motifs is 15. The fourth-order valence-corrected chi connectivity index (χ4v) is 14.1. The molecular weight excluding hydrogens is 1180 g/mol. The fraction of sp³-hybridized carbons (Fsp3) is 0.0233. The summed E-state index contributed by atoms with van der Waals surface area (Å²) in [4.78, 5) is 37.2. The number of hydrogen-bond acceptors (Lipinski definition) is 7. The smallest absolute Gasteiger partial charge is 0.344 e. The Balaban J connectivity index is 0.000000146. The number of anilines is 3. The molecule has 10 heteroatoms. The van der Waals surface area contributed by atoms with Crippen molar-refractivity contribution in [2.24, 2.45) is 0 Å². The third-order valence-corrected chi connectivity index (χ3v) is 18.4. The van der Waals surface area contributed by atoms with Crippen LogP contribution in [0.1, 0.15) is 13.8 Å².